The number of benzene rings is 1. The molecule has 2 aliphatic rings. The van der Waals surface area contributed by atoms with Gasteiger partial charge in [-0.15, -0.1) is 0 Å². The minimum Gasteiger partial charge on any atom is -0.368 e. The molecular formula is C20H27N5O3. The molecule has 0 saturated carbocycles. The molecule has 1 saturated heterocycles. The average Bonchev–Trinajstić information content (AvgIpc) is 3.05. The third kappa shape index (κ3) is 3.88. The Bertz CT molecular complexity index is 868. The number of rotatable bonds is 5. The third-order valence-electron chi connectivity index (χ3n) is 5.58. The number of hydrogen-bond donors (Lipinski definition) is 0. The monoisotopic (exact) mass is 385 g/mol. The molecule has 1 unspecified atom stereocenters. The first-order valence-corrected chi connectivity index (χ1v) is 9.99. The van der Waals surface area contributed by atoms with Crippen LogP contribution in [0.25, 0.3) is 0 Å². The van der Waals surface area contributed by atoms with Crippen LogP contribution in [0, 0.1) is 0 Å². The molecule has 1 aromatic carbocycles. The number of piperazine rings is 1. The molecule has 2 aliphatic heterocycles. The Balaban J connectivity index is 1.47. The summed E-state index contributed by atoms with van der Waals surface area (Å²) in [7, 11) is 0. The minimum absolute atomic E-state index is 0.0688. The summed E-state index contributed by atoms with van der Waals surface area (Å²) < 4.78 is 8.95. The summed E-state index contributed by atoms with van der Waals surface area (Å²) in [6.45, 7) is 7.77. The smallest absolute Gasteiger partial charge is 0.346 e. The molecule has 2 aromatic rings. The highest BCUT2D eigenvalue weighted by Crippen LogP contribution is 2.24. The number of nitrogens with zero attached hydrogens (tertiary/aromatic N) is 5. The van der Waals surface area contributed by atoms with Crippen molar-refractivity contribution >= 4 is 5.91 Å². The average molecular weight is 385 g/mol. The molecule has 1 aromatic heterocycles. The van der Waals surface area contributed by atoms with Crippen LogP contribution in [0.5, 0.6) is 0 Å². The lowest BCUT2D eigenvalue weighted by molar-refractivity contribution is -0.137. The number of fused-ring (bicyclic) bond motifs is 1. The first-order chi connectivity index (χ1) is 13.7. The zero-order valence-electron chi connectivity index (χ0n) is 16.3. The van der Waals surface area contributed by atoms with Crippen molar-refractivity contribution in [3.8, 4) is 0 Å². The van der Waals surface area contributed by atoms with Gasteiger partial charge in [-0.25, -0.2) is 9.48 Å². The number of carbonyl (C=O) groups excluding carboxylic acids is 1. The van der Waals surface area contributed by atoms with Crippen molar-refractivity contribution in [2.75, 3.05) is 39.3 Å². The SMILES string of the molecule is CCN1CCN(C(=O)CC2OCCn3c2nn(Cc2ccccc2)c3=O)CC1. The molecule has 1 amide bonds. The van der Waals surface area contributed by atoms with Gasteiger partial charge in [0.1, 0.15) is 6.10 Å². The Morgan fingerprint density at radius 3 is 2.61 bits per heavy atom. The van der Waals surface area contributed by atoms with E-state index in [4.69, 9.17) is 4.74 Å². The van der Waals surface area contributed by atoms with Gasteiger partial charge >= 0.3 is 5.69 Å². The van der Waals surface area contributed by atoms with Crippen molar-refractivity contribution in [1.82, 2.24) is 24.1 Å². The Morgan fingerprint density at radius 2 is 1.89 bits per heavy atom. The summed E-state index contributed by atoms with van der Waals surface area (Å²) in [6, 6.07) is 9.77. The number of amides is 1. The molecule has 0 aliphatic carbocycles. The quantitative estimate of drug-likeness (QED) is 0.758. The summed E-state index contributed by atoms with van der Waals surface area (Å²) in [5.41, 5.74) is 0.874. The van der Waals surface area contributed by atoms with E-state index in [1.807, 2.05) is 35.2 Å². The molecule has 150 valence electrons. The first kappa shape index (κ1) is 18.9. The van der Waals surface area contributed by atoms with E-state index in [9.17, 15) is 9.59 Å². The molecule has 4 rings (SSSR count). The van der Waals surface area contributed by atoms with Crippen molar-refractivity contribution in [2.45, 2.75) is 32.5 Å². The van der Waals surface area contributed by atoms with Gasteiger partial charge in [-0.3, -0.25) is 9.36 Å². The third-order valence-corrected chi connectivity index (χ3v) is 5.58. The molecule has 0 spiro atoms. The molecule has 0 N–H and O–H groups in total. The maximum absolute atomic E-state index is 12.8. The van der Waals surface area contributed by atoms with Crippen LogP contribution in [-0.2, 0) is 22.6 Å². The highest BCUT2D eigenvalue weighted by Gasteiger charge is 2.31. The highest BCUT2D eigenvalue weighted by atomic mass is 16.5. The summed E-state index contributed by atoms with van der Waals surface area (Å²) in [4.78, 5) is 29.7. The maximum Gasteiger partial charge on any atom is 0.346 e. The van der Waals surface area contributed by atoms with Crippen LogP contribution in [0.3, 0.4) is 0 Å². The van der Waals surface area contributed by atoms with E-state index in [-0.39, 0.29) is 18.0 Å². The van der Waals surface area contributed by atoms with Crippen molar-refractivity contribution in [2.24, 2.45) is 0 Å². The Labute approximate surface area is 164 Å². The fourth-order valence-corrected chi connectivity index (χ4v) is 3.88. The van der Waals surface area contributed by atoms with Crippen LogP contribution in [-0.4, -0.2) is 69.4 Å². The maximum atomic E-state index is 12.8. The number of aromatic nitrogens is 3. The van der Waals surface area contributed by atoms with Crippen LogP contribution < -0.4 is 5.69 Å². The van der Waals surface area contributed by atoms with Gasteiger partial charge in [-0.1, -0.05) is 37.3 Å². The van der Waals surface area contributed by atoms with E-state index in [2.05, 4.69) is 16.9 Å². The largest absolute Gasteiger partial charge is 0.368 e. The lowest BCUT2D eigenvalue weighted by Gasteiger charge is -2.35. The zero-order chi connectivity index (χ0) is 19.5. The molecular weight excluding hydrogens is 358 g/mol. The second-order valence-corrected chi connectivity index (χ2v) is 7.31. The van der Waals surface area contributed by atoms with Gasteiger partial charge in [0.05, 0.1) is 26.1 Å². The topological polar surface area (TPSA) is 72.6 Å². The van der Waals surface area contributed by atoms with Crippen LogP contribution in [0.15, 0.2) is 35.1 Å². The van der Waals surface area contributed by atoms with Crippen molar-refractivity contribution in [1.29, 1.82) is 0 Å². The fourth-order valence-electron chi connectivity index (χ4n) is 3.88. The molecule has 0 radical (unpaired) electrons. The van der Waals surface area contributed by atoms with Gasteiger partial charge in [0.15, 0.2) is 5.82 Å². The highest BCUT2D eigenvalue weighted by molar-refractivity contribution is 5.77. The van der Waals surface area contributed by atoms with Crippen molar-refractivity contribution in [3.63, 3.8) is 0 Å². The molecule has 8 nitrogen and oxygen atoms in total. The second kappa shape index (κ2) is 8.28. The predicted molar refractivity (Wildman–Crippen MR) is 104 cm³/mol. The molecule has 1 fully saturated rings. The van der Waals surface area contributed by atoms with Crippen molar-refractivity contribution < 1.29 is 9.53 Å². The van der Waals surface area contributed by atoms with E-state index in [0.717, 1.165) is 38.3 Å². The summed E-state index contributed by atoms with van der Waals surface area (Å²) in [5.74, 6) is 0.631. The van der Waals surface area contributed by atoms with Gasteiger partial charge in [-0.2, -0.15) is 5.10 Å². The Morgan fingerprint density at radius 1 is 1.14 bits per heavy atom. The van der Waals surface area contributed by atoms with E-state index in [1.165, 1.54) is 4.68 Å². The number of ether oxygens (including phenoxy) is 1. The number of likely N-dealkylation sites (N-methyl/N-ethyl adjacent to an activating group) is 1. The van der Waals surface area contributed by atoms with Crippen LogP contribution in [0.4, 0.5) is 0 Å². The standard InChI is InChI=1S/C20H27N5O3/c1-2-22-8-10-23(11-9-22)18(26)14-17-19-21-25(15-16-6-4-3-5-7-16)20(27)24(19)12-13-28-17/h3-7,17H,2,8-15H2,1H3. The van der Waals surface area contributed by atoms with Gasteiger partial charge in [-0.05, 0) is 12.1 Å². The predicted octanol–water partition coefficient (Wildman–Crippen LogP) is 0.719. The van der Waals surface area contributed by atoms with E-state index in [0.29, 0.717) is 25.5 Å². The fraction of sp³-hybridized carbons (Fsp3) is 0.550. The van der Waals surface area contributed by atoms with Crippen LogP contribution >= 0.6 is 0 Å². The van der Waals surface area contributed by atoms with Gasteiger partial charge in [0, 0.05) is 26.2 Å². The van der Waals surface area contributed by atoms with Gasteiger partial charge in [0.2, 0.25) is 5.91 Å². The van der Waals surface area contributed by atoms with Crippen LogP contribution in [0.1, 0.15) is 30.8 Å². The zero-order valence-corrected chi connectivity index (χ0v) is 16.3. The first-order valence-electron chi connectivity index (χ1n) is 9.99. The molecule has 28 heavy (non-hydrogen) atoms. The Kier molecular flexibility index (Phi) is 5.59. The van der Waals surface area contributed by atoms with Crippen molar-refractivity contribution in [3.05, 3.63) is 52.2 Å². The summed E-state index contributed by atoms with van der Waals surface area (Å²) >= 11 is 0. The lowest BCUT2D eigenvalue weighted by Crippen LogP contribution is -2.49. The Hall–Kier alpha value is -2.45. The van der Waals surface area contributed by atoms with Gasteiger partial charge < -0.3 is 14.5 Å². The molecule has 8 heteroatoms. The van der Waals surface area contributed by atoms with E-state index < -0.39 is 6.10 Å². The normalized spacial score (nSPS) is 20.2. The number of carbonyl (C=O) groups is 1. The minimum atomic E-state index is -0.463. The second-order valence-electron chi connectivity index (χ2n) is 7.31. The number of hydrogen-bond acceptors (Lipinski definition) is 5. The summed E-state index contributed by atoms with van der Waals surface area (Å²) in [5, 5.41) is 4.51. The van der Waals surface area contributed by atoms with Crippen LogP contribution in [0.2, 0.25) is 0 Å². The lowest BCUT2D eigenvalue weighted by atomic mass is 10.1. The van der Waals surface area contributed by atoms with E-state index >= 15 is 0 Å². The summed E-state index contributed by atoms with van der Waals surface area (Å²) in [6.07, 6.45) is -0.233. The van der Waals surface area contributed by atoms with Gasteiger partial charge in [0.25, 0.3) is 0 Å². The molecule has 1 atom stereocenters. The molecule has 0 bridgehead atoms. The van der Waals surface area contributed by atoms with E-state index in [1.54, 1.807) is 4.57 Å². The molecule has 3 heterocycles.